The lowest BCUT2D eigenvalue weighted by molar-refractivity contribution is -0.123. The van der Waals surface area contributed by atoms with Crippen molar-refractivity contribution in [2.75, 3.05) is 4.90 Å². The number of aromatic nitrogens is 1. The highest BCUT2D eigenvalue weighted by Gasteiger charge is 2.35. The van der Waals surface area contributed by atoms with Crippen molar-refractivity contribution in [3.05, 3.63) is 95.3 Å². The van der Waals surface area contributed by atoms with Gasteiger partial charge in [-0.25, -0.2) is 0 Å². The summed E-state index contributed by atoms with van der Waals surface area (Å²) in [6, 6.07) is 20.8. The fourth-order valence-corrected chi connectivity index (χ4v) is 4.39. The van der Waals surface area contributed by atoms with E-state index in [0.717, 1.165) is 31.2 Å². The van der Waals surface area contributed by atoms with Gasteiger partial charge in [-0.2, -0.15) is 0 Å². The monoisotopic (exact) mass is 447 g/mol. The van der Waals surface area contributed by atoms with Gasteiger partial charge in [0.1, 0.15) is 11.7 Å². The number of pyridine rings is 1. The van der Waals surface area contributed by atoms with Gasteiger partial charge in [0, 0.05) is 22.9 Å². The number of benzene rings is 2. The lowest BCUT2D eigenvalue weighted by Gasteiger charge is -2.33. The summed E-state index contributed by atoms with van der Waals surface area (Å²) in [7, 11) is 0. The molecular weight excluding hydrogens is 422 g/mol. The van der Waals surface area contributed by atoms with Crippen molar-refractivity contribution in [2.24, 2.45) is 0 Å². The Hall–Kier alpha value is -3.18. The van der Waals surface area contributed by atoms with Crippen LogP contribution in [0.15, 0.2) is 79.0 Å². The number of nitrogens with one attached hydrogen (secondary N) is 1. The van der Waals surface area contributed by atoms with Gasteiger partial charge in [0.25, 0.3) is 5.91 Å². The predicted octanol–water partition coefficient (Wildman–Crippen LogP) is 5.57. The number of amides is 2. The highest BCUT2D eigenvalue weighted by atomic mass is 35.5. The number of nitrogens with zero attached hydrogens (tertiary/aromatic N) is 2. The first-order valence-electron chi connectivity index (χ1n) is 11.0. The van der Waals surface area contributed by atoms with E-state index < -0.39 is 6.04 Å². The number of rotatable bonds is 6. The molecule has 2 amide bonds. The molecule has 1 aromatic heterocycles. The van der Waals surface area contributed by atoms with E-state index in [4.69, 9.17) is 11.6 Å². The molecule has 3 aromatic rings. The van der Waals surface area contributed by atoms with Crippen LogP contribution in [0, 0.1) is 0 Å². The number of hydrogen-bond donors (Lipinski definition) is 1. The molecular formula is C26H26ClN3O2. The van der Waals surface area contributed by atoms with Crippen LogP contribution in [-0.4, -0.2) is 22.8 Å². The molecule has 2 aromatic carbocycles. The zero-order valence-electron chi connectivity index (χ0n) is 17.8. The minimum atomic E-state index is -0.855. The predicted molar refractivity (Wildman–Crippen MR) is 127 cm³/mol. The van der Waals surface area contributed by atoms with E-state index in [1.807, 2.05) is 30.3 Å². The van der Waals surface area contributed by atoms with Crippen LogP contribution in [-0.2, 0) is 4.79 Å². The van der Waals surface area contributed by atoms with Crippen LogP contribution in [0.2, 0.25) is 5.02 Å². The Morgan fingerprint density at radius 2 is 1.69 bits per heavy atom. The summed E-state index contributed by atoms with van der Waals surface area (Å²) < 4.78 is 0. The molecule has 6 heteroatoms. The van der Waals surface area contributed by atoms with Gasteiger partial charge in [0.15, 0.2) is 0 Å². The van der Waals surface area contributed by atoms with Crippen molar-refractivity contribution in [2.45, 2.75) is 44.2 Å². The van der Waals surface area contributed by atoms with Gasteiger partial charge in [-0.3, -0.25) is 19.5 Å². The number of hydrogen-bond acceptors (Lipinski definition) is 3. The Labute approximate surface area is 193 Å². The average molecular weight is 448 g/mol. The lowest BCUT2D eigenvalue weighted by atomic mass is 9.94. The highest BCUT2D eigenvalue weighted by molar-refractivity contribution is 6.31. The number of anilines is 1. The van der Waals surface area contributed by atoms with Crippen molar-refractivity contribution < 1.29 is 9.59 Å². The molecule has 32 heavy (non-hydrogen) atoms. The third-order valence-corrected chi connectivity index (χ3v) is 6.00. The smallest absolute Gasteiger partial charge is 0.277 e. The van der Waals surface area contributed by atoms with Gasteiger partial charge in [-0.15, -0.1) is 0 Å². The van der Waals surface area contributed by atoms with Crippen LogP contribution in [0.3, 0.4) is 0 Å². The summed E-state index contributed by atoms with van der Waals surface area (Å²) in [5.74, 6) is -0.562. The van der Waals surface area contributed by atoms with Gasteiger partial charge in [-0.1, -0.05) is 73.3 Å². The first kappa shape index (κ1) is 22.0. The van der Waals surface area contributed by atoms with Gasteiger partial charge in [0.2, 0.25) is 5.91 Å². The van der Waals surface area contributed by atoms with Gasteiger partial charge in [-0.05, 0) is 48.7 Å². The molecule has 0 unspecified atom stereocenters. The highest BCUT2D eigenvalue weighted by Crippen LogP contribution is 2.31. The normalized spacial score (nSPS) is 15.0. The molecule has 1 N–H and O–H groups in total. The van der Waals surface area contributed by atoms with Crippen LogP contribution in [0.4, 0.5) is 5.69 Å². The zero-order valence-corrected chi connectivity index (χ0v) is 18.5. The summed E-state index contributed by atoms with van der Waals surface area (Å²) >= 11 is 6.27. The standard InChI is InChI=1S/C26H26ClN3O2/c27-20-12-9-15-22(18-20)30(26(32)23-16-7-8-17-28-23)24(19-10-3-1-4-11-19)25(31)29-21-13-5-2-6-14-21/h1,3-4,7-12,15-18,21,24H,2,5-6,13-14H2,(H,29,31)/t24-/m1/s1. The Bertz CT molecular complexity index is 1050. The molecule has 0 radical (unpaired) electrons. The van der Waals surface area contributed by atoms with E-state index in [-0.39, 0.29) is 23.6 Å². The van der Waals surface area contributed by atoms with E-state index in [1.165, 1.54) is 11.3 Å². The summed E-state index contributed by atoms with van der Waals surface area (Å²) in [6.45, 7) is 0. The van der Waals surface area contributed by atoms with E-state index in [1.54, 1.807) is 48.7 Å². The van der Waals surface area contributed by atoms with Crippen molar-refractivity contribution in [3.8, 4) is 0 Å². The van der Waals surface area contributed by atoms with Gasteiger partial charge in [0.05, 0.1) is 0 Å². The second kappa shape index (κ2) is 10.4. The maximum atomic E-state index is 13.7. The van der Waals surface area contributed by atoms with E-state index in [0.29, 0.717) is 10.7 Å². The van der Waals surface area contributed by atoms with Crippen molar-refractivity contribution in [3.63, 3.8) is 0 Å². The van der Waals surface area contributed by atoms with E-state index in [2.05, 4.69) is 10.3 Å². The molecule has 0 spiro atoms. The molecule has 1 fully saturated rings. The summed E-state index contributed by atoms with van der Waals surface area (Å²) in [6.07, 6.45) is 6.89. The summed E-state index contributed by atoms with van der Waals surface area (Å²) in [5.41, 5.74) is 1.53. The van der Waals surface area contributed by atoms with Crippen molar-refractivity contribution >= 4 is 29.1 Å². The molecule has 0 bridgehead atoms. The molecule has 5 nitrogen and oxygen atoms in total. The number of carbonyl (C=O) groups is 2. The fraction of sp³-hybridized carbons (Fsp3) is 0.269. The first-order valence-corrected chi connectivity index (χ1v) is 11.4. The van der Waals surface area contributed by atoms with Crippen molar-refractivity contribution in [1.29, 1.82) is 0 Å². The van der Waals surface area contributed by atoms with E-state index in [9.17, 15) is 9.59 Å². The molecule has 1 heterocycles. The molecule has 4 rings (SSSR count). The van der Waals surface area contributed by atoms with Crippen LogP contribution in [0.5, 0.6) is 0 Å². The topological polar surface area (TPSA) is 62.3 Å². The molecule has 0 aliphatic heterocycles. The molecule has 0 saturated heterocycles. The Balaban J connectivity index is 1.78. The second-order valence-corrected chi connectivity index (χ2v) is 8.46. The third kappa shape index (κ3) is 5.17. The summed E-state index contributed by atoms with van der Waals surface area (Å²) in [5, 5.41) is 3.69. The molecule has 1 aliphatic rings. The molecule has 1 aliphatic carbocycles. The first-order chi connectivity index (χ1) is 15.6. The van der Waals surface area contributed by atoms with Gasteiger partial charge < -0.3 is 5.32 Å². The van der Waals surface area contributed by atoms with Gasteiger partial charge >= 0.3 is 0 Å². The minimum absolute atomic E-state index is 0.119. The maximum Gasteiger partial charge on any atom is 0.277 e. The molecule has 1 saturated carbocycles. The Morgan fingerprint density at radius 1 is 0.938 bits per heavy atom. The van der Waals surface area contributed by atoms with E-state index >= 15 is 0 Å². The van der Waals surface area contributed by atoms with Crippen LogP contribution < -0.4 is 10.2 Å². The molecule has 1 atom stereocenters. The summed E-state index contributed by atoms with van der Waals surface area (Å²) in [4.78, 5) is 33.1. The van der Waals surface area contributed by atoms with Crippen LogP contribution >= 0.6 is 11.6 Å². The Kier molecular flexibility index (Phi) is 7.17. The third-order valence-electron chi connectivity index (χ3n) is 5.76. The fourth-order valence-electron chi connectivity index (χ4n) is 4.20. The molecule has 164 valence electrons. The Morgan fingerprint density at radius 3 is 2.38 bits per heavy atom. The van der Waals surface area contributed by atoms with Crippen molar-refractivity contribution in [1.82, 2.24) is 10.3 Å². The largest absolute Gasteiger partial charge is 0.351 e. The quantitative estimate of drug-likeness (QED) is 0.537. The maximum absolute atomic E-state index is 13.7. The average Bonchev–Trinajstić information content (AvgIpc) is 2.83. The minimum Gasteiger partial charge on any atom is -0.351 e. The zero-order chi connectivity index (χ0) is 22.3. The second-order valence-electron chi connectivity index (χ2n) is 8.03. The van der Waals surface area contributed by atoms with Crippen LogP contribution in [0.25, 0.3) is 0 Å². The number of carbonyl (C=O) groups excluding carboxylic acids is 2. The lowest BCUT2D eigenvalue weighted by Crippen LogP contribution is -2.47. The number of halogens is 1. The SMILES string of the molecule is O=C(NC1CCCCC1)[C@@H](c1ccccc1)N(C(=O)c1ccccn1)c1cccc(Cl)c1. The van der Waals surface area contributed by atoms with Crippen LogP contribution in [0.1, 0.15) is 54.2 Å².